The highest BCUT2D eigenvalue weighted by molar-refractivity contribution is 5.55. The van der Waals surface area contributed by atoms with Gasteiger partial charge in [0, 0.05) is 18.2 Å². The van der Waals surface area contributed by atoms with Gasteiger partial charge in [-0.05, 0) is 23.8 Å². The standard InChI is InChI=1S/C12H7F3N2O2/c13-12(14,15)10(7-8-16)4-1-9-2-5-11(6-3-9)17(18)19/h1-7H/b4-1+,10-7+. The van der Waals surface area contributed by atoms with Gasteiger partial charge in [-0.25, -0.2) is 0 Å². The number of hydrogen-bond donors (Lipinski definition) is 0. The van der Waals surface area contributed by atoms with E-state index in [9.17, 15) is 23.3 Å². The van der Waals surface area contributed by atoms with Crippen LogP contribution in [0.25, 0.3) is 6.08 Å². The van der Waals surface area contributed by atoms with Crippen molar-refractivity contribution in [1.82, 2.24) is 0 Å². The predicted molar refractivity (Wildman–Crippen MR) is 61.9 cm³/mol. The van der Waals surface area contributed by atoms with E-state index in [4.69, 9.17) is 5.26 Å². The van der Waals surface area contributed by atoms with Crippen molar-refractivity contribution in [1.29, 1.82) is 5.26 Å². The van der Waals surface area contributed by atoms with Gasteiger partial charge in [0.1, 0.15) is 0 Å². The fraction of sp³-hybridized carbons (Fsp3) is 0.0833. The van der Waals surface area contributed by atoms with Crippen LogP contribution in [0.5, 0.6) is 0 Å². The summed E-state index contributed by atoms with van der Waals surface area (Å²) in [4.78, 5) is 9.78. The predicted octanol–water partition coefficient (Wildman–Crippen LogP) is 3.62. The van der Waals surface area contributed by atoms with Crippen molar-refractivity contribution in [2.45, 2.75) is 6.18 Å². The molecule has 0 aliphatic carbocycles. The number of hydrogen-bond acceptors (Lipinski definition) is 3. The molecule has 7 heteroatoms. The van der Waals surface area contributed by atoms with E-state index in [0.29, 0.717) is 11.6 Å². The number of rotatable bonds is 3. The summed E-state index contributed by atoms with van der Waals surface area (Å²) in [6.45, 7) is 0. The third-order valence-electron chi connectivity index (χ3n) is 2.11. The number of benzene rings is 1. The molecule has 0 saturated heterocycles. The van der Waals surface area contributed by atoms with Crippen molar-refractivity contribution in [2.24, 2.45) is 0 Å². The SMILES string of the molecule is N#C/C=C(\C=C\c1ccc([N+](=O)[O-])cc1)C(F)(F)F. The van der Waals surface area contributed by atoms with Crippen LogP contribution in [-0.2, 0) is 0 Å². The van der Waals surface area contributed by atoms with Crippen LogP contribution in [0.3, 0.4) is 0 Å². The van der Waals surface area contributed by atoms with E-state index in [1.807, 2.05) is 0 Å². The molecular weight excluding hydrogens is 261 g/mol. The van der Waals surface area contributed by atoms with E-state index in [1.165, 1.54) is 30.3 Å². The Hall–Kier alpha value is -2.62. The molecule has 1 aromatic rings. The normalized spacial score (nSPS) is 12.4. The highest BCUT2D eigenvalue weighted by atomic mass is 19.4. The summed E-state index contributed by atoms with van der Waals surface area (Å²) < 4.78 is 37.3. The summed E-state index contributed by atoms with van der Waals surface area (Å²) in [6.07, 6.45) is -2.36. The molecule has 0 aliphatic heterocycles. The topological polar surface area (TPSA) is 66.9 Å². The van der Waals surface area contributed by atoms with Crippen LogP contribution in [0, 0.1) is 21.4 Å². The van der Waals surface area contributed by atoms with Gasteiger partial charge < -0.3 is 0 Å². The fourth-order valence-corrected chi connectivity index (χ4v) is 1.19. The van der Waals surface area contributed by atoms with Gasteiger partial charge in [-0.1, -0.05) is 6.08 Å². The number of non-ortho nitro benzene ring substituents is 1. The summed E-state index contributed by atoms with van der Waals surface area (Å²) in [7, 11) is 0. The third-order valence-corrected chi connectivity index (χ3v) is 2.11. The second kappa shape index (κ2) is 5.82. The van der Waals surface area contributed by atoms with Crippen molar-refractivity contribution < 1.29 is 18.1 Å². The first-order valence-electron chi connectivity index (χ1n) is 4.94. The number of nitriles is 1. The highest BCUT2D eigenvalue weighted by Crippen LogP contribution is 2.27. The van der Waals surface area contributed by atoms with Crippen molar-refractivity contribution in [3.8, 4) is 6.07 Å². The zero-order chi connectivity index (χ0) is 14.5. The molecule has 0 N–H and O–H groups in total. The maximum atomic E-state index is 12.4. The minimum Gasteiger partial charge on any atom is -0.258 e. The number of nitro benzene ring substituents is 1. The Morgan fingerprint density at radius 1 is 1.32 bits per heavy atom. The molecule has 1 rings (SSSR count). The second-order valence-electron chi connectivity index (χ2n) is 3.41. The molecule has 0 aliphatic rings. The first kappa shape index (κ1) is 14.4. The summed E-state index contributed by atoms with van der Waals surface area (Å²) in [6, 6.07) is 6.30. The molecule has 0 amide bonds. The molecule has 98 valence electrons. The first-order valence-corrected chi connectivity index (χ1v) is 4.94. The van der Waals surface area contributed by atoms with Crippen molar-refractivity contribution in [3.05, 3.63) is 57.7 Å². The largest absolute Gasteiger partial charge is 0.417 e. The summed E-state index contributed by atoms with van der Waals surface area (Å²) in [5.74, 6) is 0. The molecule has 0 atom stereocenters. The van der Waals surface area contributed by atoms with Crippen LogP contribution in [-0.4, -0.2) is 11.1 Å². The Bertz CT molecular complexity index is 566. The van der Waals surface area contributed by atoms with Crippen molar-refractivity contribution in [3.63, 3.8) is 0 Å². The van der Waals surface area contributed by atoms with Crippen LogP contribution in [0.15, 0.2) is 42.0 Å². The lowest BCUT2D eigenvalue weighted by Crippen LogP contribution is -2.09. The average molecular weight is 268 g/mol. The zero-order valence-electron chi connectivity index (χ0n) is 9.39. The average Bonchev–Trinajstić information content (AvgIpc) is 2.33. The molecule has 0 aromatic heterocycles. The van der Waals surface area contributed by atoms with Gasteiger partial charge in [-0.2, -0.15) is 18.4 Å². The molecule has 0 unspecified atom stereocenters. The minimum absolute atomic E-state index is 0.152. The zero-order valence-corrected chi connectivity index (χ0v) is 9.39. The molecule has 0 radical (unpaired) electrons. The molecule has 0 heterocycles. The minimum atomic E-state index is -4.62. The highest BCUT2D eigenvalue weighted by Gasteiger charge is 2.31. The van der Waals surface area contributed by atoms with Crippen LogP contribution in [0.2, 0.25) is 0 Å². The molecule has 0 bridgehead atoms. The van der Waals surface area contributed by atoms with E-state index in [1.54, 1.807) is 0 Å². The van der Waals surface area contributed by atoms with Gasteiger partial charge in [-0.15, -0.1) is 0 Å². The first-order chi connectivity index (χ1) is 8.84. The molecule has 0 spiro atoms. The smallest absolute Gasteiger partial charge is 0.258 e. The van der Waals surface area contributed by atoms with E-state index in [-0.39, 0.29) is 5.69 Å². The van der Waals surface area contributed by atoms with E-state index in [0.717, 1.165) is 12.2 Å². The van der Waals surface area contributed by atoms with Gasteiger partial charge in [0.25, 0.3) is 5.69 Å². The fourth-order valence-electron chi connectivity index (χ4n) is 1.19. The van der Waals surface area contributed by atoms with Gasteiger partial charge in [-0.3, -0.25) is 10.1 Å². The summed E-state index contributed by atoms with van der Waals surface area (Å²) in [5, 5.41) is 18.6. The van der Waals surface area contributed by atoms with Gasteiger partial charge in [0.2, 0.25) is 0 Å². The molecular formula is C12H7F3N2O2. The Labute approximate surface area is 106 Å². The van der Waals surface area contributed by atoms with E-state index < -0.39 is 16.7 Å². The van der Waals surface area contributed by atoms with Crippen LogP contribution >= 0.6 is 0 Å². The quantitative estimate of drug-likeness (QED) is 0.364. The Morgan fingerprint density at radius 2 is 1.89 bits per heavy atom. The van der Waals surface area contributed by atoms with E-state index in [2.05, 4.69) is 0 Å². The lowest BCUT2D eigenvalue weighted by Gasteiger charge is -2.05. The van der Waals surface area contributed by atoms with E-state index >= 15 is 0 Å². The lowest BCUT2D eigenvalue weighted by atomic mass is 10.1. The molecule has 0 saturated carbocycles. The number of nitrogens with zero attached hydrogens (tertiary/aromatic N) is 2. The molecule has 0 fully saturated rings. The van der Waals surface area contributed by atoms with Gasteiger partial charge >= 0.3 is 6.18 Å². The third kappa shape index (κ3) is 4.27. The number of allylic oxidation sites excluding steroid dienone is 3. The lowest BCUT2D eigenvalue weighted by molar-refractivity contribution is -0.384. The maximum absolute atomic E-state index is 12.4. The Balaban J connectivity index is 2.95. The molecule has 1 aromatic carbocycles. The summed E-state index contributed by atoms with van der Waals surface area (Å²) >= 11 is 0. The number of halogens is 3. The Morgan fingerprint density at radius 3 is 2.32 bits per heavy atom. The van der Waals surface area contributed by atoms with Crippen LogP contribution in [0.1, 0.15) is 5.56 Å². The van der Waals surface area contributed by atoms with Crippen LogP contribution in [0.4, 0.5) is 18.9 Å². The van der Waals surface area contributed by atoms with Crippen LogP contribution < -0.4 is 0 Å². The van der Waals surface area contributed by atoms with Gasteiger partial charge in [0.15, 0.2) is 0 Å². The molecule has 19 heavy (non-hydrogen) atoms. The van der Waals surface area contributed by atoms with Gasteiger partial charge in [0.05, 0.1) is 16.6 Å². The second-order valence-corrected chi connectivity index (χ2v) is 3.41. The maximum Gasteiger partial charge on any atom is 0.417 e. The monoisotopic (exact) mass is 268 g/mol. The van der Waals surface area contributed by atoms with Crippen molar-refractivity contribution in [2.75, 3.05) is 0 Å². The number of alkyl halides is 3. The summed E-state index contributed by atoms with van der Waals surface area (Å²) in [5.41, 5.74) is -0.882. The number of nitro groups is 1. The molecule has 4 nitrogen and oxygen atoms in total. The van der Waals surface area contributed by atoms with Crippen molar-refractivity contribution >= 4 is 11.8 Å². The Kier molecular flexibility index (Phi) is 4.42.